The van der Waals surface area contributed by atoms with Crippen LogP contribution in [-0.2, 0) is 6.54 Å². The van der Waals surface area contributed by atoms with Gasteiger partial charge in [-0.15, -0.1) is 0 Å². The van der Waals surface area contributed by atoms with E-state index in [-0.39, 0.29) is 12.4 Å². The molecule has 0 fully saturated rings. The molecule has 23 heavy (non-hydrogen) atoms. The van der Waals surface area contributed by atoms with Crippen LogP contribution >= 0.6 is 0 Å². The third-order valence-electron chi connectivity index (χ3n) is 3.68. The van der Waals surface area contributed by atoms with E-state index >= 15 is 0 Å². The van der Waals surface area contributed by atoms with Gasteiger partial charge < -0.3 is 29.3 Å². The van der Waals surface area contributed by atoms with E-state index in [1.54, 1.807) is 29.7 Å². The number of fused-ring (bicyclic) bond motifs is 1. The number of rotatable bonds is 4. The summed E-state index contributed by atoms with van der Waals surface area (Å²) in [5.41, 5.74) is 0.657. The van der Waals surface area contributed by atoms with E-state index in [0.717, 1.165) is 6.42 Å². The maximum absolute atomic E-state index is 10.8. The monoisotopic (exact) mass is 319 g/mol. The van der Waals surface area contributed by atoms with Gasteiger partial charge in [0.2, 0.25) is 5.82 Å². The predicted molar refractivity (Wildman–Crippen MR) is 80.6 cm³/mol. The maximum Gasteiger partial charge on any atom is 0.381 e. The van der Waals surface area contributed by atoms with Crippen LogP contribution in [0.2, 0.25) is 0 Å². The van der Waals surface area contributed by atoms with E-state index in [2.05, 4.69) is 4.98 Å². The van der Waals surface area contributed by atoms with Gasteiger partial charge in [0.25, 0.3) is 0 Å². The van der Waals surface area contributed by atoms with Crippen LogP contribution in [0.15, 0.2) is 24.4 Å². The molecule has 0 unspecified atom stereocenters. The molecule has 122 valence electrons. The lowest BCUT2D eigenvalue weighted by Gasteiger charge is -2.14. The maximum atomic E-state index is 10.8. The zero-order valence-corrected chi connectivity index (χ0v) is 12.6. The average Bonchev–Trinajstić information content (AvgIpc) is 2.75. The van der Waals surface area contributed by atoms with Gasteiger partial charge in [-0.3, -0.25) is 0 Å². The Kier molecular flexibility index (Phi) is 4.16. The van der Waals surface area contributed by atoms with E-state index in [1.165, 1.54) is 6.20 Å². The minimum Gasteiger partial charge on any atom is -0.490 e. The van der Waals surface area contributed by atoms with E-state index in [4.69, 9.17) is 9.47 Å². The van der Waals surface area contributed by atoms with E-state index in [1.807, 2.05) is 0 Å². The van der Waals surface area contributed by atoms with Gasteiger partial charge in [0.15, 0.2) is 11.5 Å². The Morgan fingerprint density at radius 2 is 2.13 bits per heavy atom. The lowest BCUT2D eigenvalue weighted by atomic mass is 10.1. The van der Waals surface area contributed by atoms with Crippen LogP contribution in [0.5, 0.6) is 11.5 Å². The number of imidazole rings is 1. The number of nitrogens with zero attached hydrogens (tertiary/aromatic N) is 3. The highest BCUT2D eigenvalue weighted by Crippen LogP contribution is 2.32. The van der Waals surface area contributed by atoms with Crippen LogP contribution in [0.4, 0.5) is 5.82 Å². The van der Waals surface area contributed by atoms with Gasteiger partial charge in [-0.25, -0.2) is 0 Å². The van der Waals surface area contributed by atoms with Crippen LogP contribution < -0.4 is 9.47 Å². The molecule has 0 amide bonds. The molecule has 0 saturated heterocycles. The molecule has 1 aliphatic heterocycles. The summed E-state index contributed by atoms with van der Waals surface area (Å²) in [5, 5.41) is 21.2. The van der Waals surface area contributed by atoms with Gasteiger partial charge in [-0.05, 0) is 27.6 Å². The van der Waals surface area contributed by atoms with Gasteiger partial charge in [0.05, 0.1) is 25.9 Å². The fraction of sp³-hybridized carbons (Fsp3) is 0.400. The van der Waals surface area contributed by atoms with E-state index < -0.39 is 11.0 Å². The van der Waals surface area contributed by atoms with Crippen molar-refractivity contribution in [1.29, 1.82) is 0 Å². The second-order valence-corrected chi connectivity index (χ2v) is 5.33. The number of aliphatic hydroxyl groups is 1. The first-order valence-corrected chi connectivity index (χ1v) is 7.30. The van der Waals surface area contributed by atoms with Crippen molar-refractivity contribution in [3.63, 3.8) is 0 Å². The number of aliphatic hydroxyl groups excluding tert-OH is 1. The van der Waals surface area contributed by atoms with Gasteiger partial charge in [0.1, 0.15) is 6.20 Å². The third kappa shape index (κ3) is 3.26. The van der Waals surface area contributed by atoms with Gasteiger partial charge in [0, 0.05) is 13.3 Å². The molecule has 1 aromatic heterocycles. The summed E-state index contributed by atoms with van der Waals surface area (Å²) >= 11 is 0. The normalized spacial score (nSPS) is 15.0. The summed E-state index contributed by atoms with van der Waals surface area (Å²) in [4.78, 5) is 14.0. The standard InChI is InChI=1S/C15H17N3O5/c1-10-16-15(18(20)21)9-17(10)8-12(19)11-3-4-13-14(7-11)23-6-2-5-22-13/h3-4,7,9,12,19H,2,5-6,8H2,1H3/t12-/m0/s1. The van der Waals surface area contributed by atoms with E-state index in [9.17, 15) is 15.2 Å². The third-order valence-corrected chi connectivity index (χ3v) is 3.68. The highest BCUT2D eigenvalue weighted by atomic mass is 16.6. The summed E-state index contributed by atoms with van der Waals surface area (Å²) in [6, 6.07) is 5.27. The highest BCUT2D eigenvalue weighted by Gasteiger charge is 2.19. The summed E-state index contributed by atoms with van der Waals surface area (Å²) in [7, 11) is 0. The Morgan fingerprint density at radius 1 is 1.39 bits per heavy atom. The molecule has 8 heteroatoms. The van der Waals surface area contributed by atoms with Crippen LogP contribution in [0.3, 0.4) is 0 Å². The number of nitro groups is 1. The molecule has 2 aromatic rings. The lowest BCUT2D eigenvalue weighted by Crippen LogP contribution is -2.09. The fourth-order valence-electron chi connectivity index (χ4n) is 2.44. The molecule has 1 aliphatic rings. The van der Waals surface area contributed by atoms with Crippen LogP contribution in [0, 0.1) is 17.0 Å². The topological polar surface area (TPSA) is 99.7 Å². The van der Waals surface area contributed by atoms with E-state index in [0.29, 0.717) is 36.1 Å². The molecule has 0 radical (unpaired) electrons. The SMILES string of the molecule is Cc1nc([N+](=O)[O-])cn1C[C@H](O)c1ccc2c(c1)OCCCO2. The quantitative estimate of drug-likeness (QED) is 0.683. The molecule has 0 aliphatic carbocycles. The number of benzene rings is 1. The first-order valence-electron chi connectivity index (χ1n) is 7.30. The fourth-order valence-corrected chi connectivity index (χ4v) is 2.44. The second kappa shape index (κ2) is 6.25. The smallest absolute Gasteiger partial charge is 0.381 e. The van der Waals surface area contributed by atoms with Crippen molar-refractivity contribution in [3.8, 4) is 11.5 Å². The lowest BCUT2D eigenvalue weighted by molar-refractivity contribution is -0.389. The van der Waals surface area contributed by atoms with Crippen molar-refractivity contribution < 1.29 is 19.5 Å². The molecule has 1 atom stereocenters. The minimum absolute atomic E-state index is 0.173. The average molecular weight is 319 g/mol. The molecular formula is C15H17N3O5. The number of aryl methyl sites for hydroxylation is 1. The van der Waals surface area contributed by atoms with Gasteiger partial charge in [-0.2, -0.15) is 0 Å². The van der Waals surface area contributed by atoms with Crippen molar-refractivity contribution in [2.24, 2.45) is 0 Å². The zero-order chi connectivity index (χ0) is 16.4. The molecule has 8 nitrogen and oxygen atoms in total. The number of hydrogen-bond donors (Lipinski definition) is 1. The number of aromatic nitrogens is 2. The van der Waals surface area contributed by atoms with Crippen molar-refractivity contribution >= 4 is 5.82 Å². The summed E-state index contributed by atoms with van der Waals surface area (Å²) in [6.07, 6.45) is 1.30. The minimum atomic E-state index is -0.834. The summed E-state index contributed by atoms with van der Waals surface area (Å²) < 4.78 is 12.7. The van der Waals surface area contributed by atoms with Crippen LogP contribution in [0.1, 0.15) is 23.9 Å². The van der Waals surface area contributed by atoms with Crippen LogP contribution in [-0.4, -0.2) is 32.8 Å². The Balaban J connectivity index is 1.79. The Hall–Kier alpha value is -2.61. The van der Waals surface area contributed by atoms with Crippen LogP contribution in [0.25, 0.3) is 0 Å². The first-order chi connectivity index (χ1) is 11.0. The van der Waals surface area contributed by atoms with Gasteiger partial charge >= 0.3 is 5.82 Å². The molecule has 2 heterocycles. The largest absolute Gasteiger partial charge is 0.490 e. The van der Waals surface area contributed by atoms with Gasteiger partial charge in [-0.1, -0.05) is 6.07 Å². The van der Waals surface area contributed by atoms with Crippen molar-refractivity contribution in [2.75, 3.05) is 13.2 Å². The molecule has 0 bridgehead atoms. The molecule has 0 spiro atoms. The Morgan fingerprint density at radius 3 is 2.83 bits per heavy atom. The van der Waals surface area contributed by atoms with Crippen molar-refractivity contribution in [2.45, 2.75) is 26.0 Å². The summed E-state index contributed by atoms with van der Waals surface area (Å²) in [5.74, 6) is 1.51. The Labute approximate surface area is 132 Å². The molecular weight excluding hydrogens is 302 g/mol. The second-order valence-electron chi connectivity index (χ2n) is 5.33. The predicted octanol–water partition coefficient (Wildman–Crippen LogP) is 1.99. The summed E-state index contributed by atoms with van der Waals surface area (Å²) in [6.45, 7) is 3.01. The molecule has 1 aromatic carbocycles. The first kappa shape index (κ1) is 15.3. The highest BCUT2D eigenvalue weighted by molar-refractivity contribution is 5.44. The number of hydrogen-bond acceptors (Lipinski definition) is 6. The Bertz CT molecular complexity index is 728. The zero-order valence-electron chi connectivity index (χ0n) is 12.6. The van der Waals surface area contributed by atoms with Crippen molar-refractivity contribution in [1.82, 2.24) is 9.55 Å². The molecule has 1 N–H and O–H groups in total. The number of ether oxygens (including phenoxy) is 2. The molecule has 0 saturated carbocycles. The van der Waals surface area contributed by atoms with Crippen molar-refractivity contribution in [3.05, 3.63) is 45.9 Å². The molecule has 3 rings (SSSR count).